The molecule has 0 aromatic carbocycles. The molecular weight excluding hydrogens is 254 g/mol. The molecule has 0 spiro atoms. The third-order valence-electron chi connectivity index (χ3n) is 4.95. The predicted molar refractivity (Wildman–Crippen MR) is 77.5 cm³/mol. The monoisotopic (exact) mass is 279 g/mol. The average Bonchev–Trinajstić information content (AvgIpc) is 2.88. The van der Waals surface area contributed by atoms with E-state index in [1.807, 2.05) is 32.5 Å². The van der Waals surface area contributed by atoms with Crippen LogP contribution in [-0.4, -0.2) is 38.8 Å². The van der Waals surface area contributed by atoms with Gasteiger partial charge in [-0.3, -0.25) is 14.4 Å². The molecule has 20 heavy (non-hydrogen) atoms. The topological polar surface area (TPSA) is 58.4 Å². The molecule has 2 heterocycles. The first-order chi connectivity index (χ1) is 9.28. The fourth-order valence-corrected chi connectivity index (χ4v) is 3.21. The fraction of sp³-hybridized carbons (Fsp3) is 0.733. The van der Waals surface area contributed by atoms with E-state index >= 15 is 0 Å². The molecule has 0 aliphatic carbocycles. The summed E-state index contributed by atoms with van der Waals surface area (Å²) in [5, 5.41) is 14.0. The minimum Gasteiger partial charge on any atom is -0.481 e. The van der Waals surface area contributed by atoms with Crippen LogP contribution in [0.15, 0.2) is 0 Å². The van der Waals surface area contributed by atoms with E-state index in [4.69, 9.17) is 0 Å². The van der Waals surface area contributed by atoms with Crippen molar-refractivity contribution in [1.29, 1.82) is 0 Å². The maximum Gasteiger partial charge on any atom is 0.311 e. The molecule has 112 valence electrons. The van der Waals surface area contributed by atoms with Crippen LogP contribution in [0.2, 0.25) is 0 Å². The molecule has 1 aliphatic rings. The Morgan fingerprint density at radius 3 is 2.50 bits per heavy atom. The maximum absolute atomic E-state index is 11.7. The largest absolute Gasteiger partial charge is 0.481 e. The first-order valence-corrected chi connectivity index (χ1v) is 7.22. The van der Waals surface area contributed by atoms with Crippen molar-refractivity contribution in [2.24, 2.45) is 18.4 Å². The number of hydrogen-bond acceptors (Lipinski definition) is 3. The van der Waals surface area contributed by atoms with Crippen molar-refractivity contribution in [3.05, 3.63) is 17.0 Å². The number of aryl methyl sites for hydroxylation is 2. The number of carboxylic acids is 1. The summed E-state index contributed by atoms with van der Waals surface area (Å²) in [6, 6.07) is 0. The predicted octanol–water partition coefficient (Wildman–Crippen LogP) is 1.97. The molecular formula is C15H25N3O2. The summed E-state index contributed by atoms with van der Waals surface area (Å²) in [5.74, 6) is -0.504. The lowest BCUT2D eigenvalue weighted by Gasteiger charge is -2.28. The van der Waals surface area contributed by atoms with Gasteiger partial charge >= 0.3 is 5.97 Å². The summed E-state index contributed by atoms with van der Waals surface area (Å²) in [5.41, 5.74) is 2.85. The van der Waals surface area contributed by atoms with Crippen LogP contribution < -0.4 is 0 Å². The van der Waals surface area contributed by atoms with Gasteiger partial charge in [0.15, 0.2) is 0 Å². The zero-order valence-corrected chi connectivity index (χ0v) is 13.1. The summed E-state index contributed by atoms with van der Waals surface area (Å²) in [6.07, 6.45) is 0.734. The highest BCUT2D eigenvalue weighted by atomic mass is 16.4. The van der Waals surface area contributed by atoms with E-state index in [1.165, 1.54) is 11.3 Å². The summed E-state index contributed by atoms with van der Waals surface area (Å²) in [4.78, 5) is 13.9. The Bertz CT molecular complexity index is 521. The minimum absolute atomic E-state index is 0.154. The lowest BCUT2D eigenvalue weighted by molar-refractivity contribution is -0.151. The second kappa shape index (κ2) is 5.20. The number of likely N-dealkylation sites (tertiary alicyclic amines) is 1. The lowest BCUT2D eigenvalue weighted by atomic mass is 9.76. The highest BCUT2D eigenvalue weighted by Gasteiger charge is 2.47. The molecule has 1 aliphatic heterocycles. The molecule has 0 saturated carbocycles. The van der Waals surface area contributed by atoms with E-state index in [-0.39, 0.29) is 5.92 Å². The number of nitrogens with zero attached hydrogens (tertiary/aromatic N) is 3. The van der Waals surface area contributed by atoms with Crippen LogP contribution in [-0.2, 0) is 18.4 Å². The third kappa shape index (κ3) is 2.35. The Hall–Kier alpha value is -1.36. The second-order valence-corrected chi connectivity index (χ2v) is 6.35. The summed E-state index contributed by atoms with van der Waals surface area (Å²) in [7, 11) is 1.95. The molecule has 0 bridgehead atoms. The first-order valence-electron chi connectivity index (χ1n) is 7.22. The molecule has 1 aromatic rings. The van der Waals surface area contributed by atoms with Crippen molar-refractivity contribution in [3.8, 4) is 0 Å². The number of carbonyl (C=O) groups is 1. The Morgan fingerprint density at radius 1 is 1.45 bits per heavy atom. The van der Waals surface area contributed by atoms with Gasteiger partial charge in [-0.25, -0.2) is 0 Å². The number of aliphatic carboxylic acids is 1. The molecule has 5 nitrogen and oxygen atoms in total. The number of rotatable bonds is 4. The van der Waals surface area contributed by atoms with Gasteiger partial charge in [-0.05, 0) is 32.7 Å². The highest BCUT2D eigenvalue weighted by Crippen LogP contribution is 2.38. The normalized spacial score (nSPS) is 23.7. The van der Waals surface area contributed by atoms with Crippen LogP contribution >= 0.6 is 0 Å². The Morgan fingerprint density at radius 2 is 2.10 bits per heavy atom. The zero-order chi connectivity index (χ0) is 15.1. The SMILES string of the molecule is Cc1nn(C)c(C)c1CN1CCC(C(=O)O)(C(C)C)C1. The summed E-state index contributed by atoms with van der Waals surface area (Å²) >= 11 is 0. The van der Waals surface area contributed by atoms with E-state index in [0.29, 0.717) is 6.54 Å². The molecule has 5 heteroatoms. The van der Waals surface area contributed by atoms with Crippen molar-refractivity contribution >= 4 is 5.97 Å². The van der Waals surface area contributed by atoms with Gasteiger partial charge in [0.25, 0.3) is 0 Å². The Labute approximate surface area is 120 Å². The fourth-order valence-electron chi connectivity index (χ4n) is 3.21. The van der Waals surface area contributed by atoms with Gasteiger partial charge in [-0.2, -0.15) is 5.10 Å². The van der Waals surface area contributed by atoms with E-state index in [9.17, 15) is 9.90 Å². The Kier molecular flexibility index (Phi) is 3.91. The molecule has 0 radical (unpaired) electrons. The van der Waals surface area contributed by atoms with Gasteiger partial charge in [0.05, 0.1) is 11.1 Å². The van der Waals surface area contributed by atoms with Crippen LogP contribution in [0.1, 0.15) is 37.2 Å². The van der Waals surface area contributed by atoms with Gasteiger partial charge in [-0.15, -0.1) is 0 Å². The van der Waals surface area contributed by atoms with Crippen LogP contribution in [0.5, 0.6) is 0 Å². The molecule has 1 aromatic heterocycles. The third-order valence-corrected chi connectivity index (χ3v) is 4.95. The minimum atomic E-state index is -0.658. The maximum atomic E-state index is 11.7. The molecule has 1 atom stereocenters. The molecule has 1 N–H and O–H groups in total. The van der Waals surface area contributed by atoms with Crippen LogP contribution in [0.3, 0.4) is 0 Å². The van der Waals surface area contributed by atoms with Gasteiger partial charge in [0.2, 0.25) is 0 Å². The molecule has 2 rings (SSSR count). The van der Waals surface area contributed by atoms with Crippen LogP contribution in [0.4, 0.5) is 0 Å². The zero-order valence-electron chi connectivity index (χ0n) is 13.1. The standard InChI is InChI=1S/C15H25N3O2/c1-10(2)15(14(19)20)6-7-18(9-15)8-13-11(3)16-17(5)12(13)4/h10H,6-9H2,1-5H3,(H,19,20). The van der Waals surface area contributed by atoms with Crippen molar-refractivity contribution in [2.75, 3.05) is 13.1 Å². The quantitative estimate of drug-likeness (QED) is 0.915. The van der Waals surface area contributed by atoms with Crippen molar-refractivity contribution in [2.45, 2.75) is 40.7 Å². The van der Waals surface area contributed by atoms with Gasteiger partial charge < -0.3 is 5.11 Å². The van der Waals surface area contributed by atoms with E-state index in [2.05, 4.69) is 16.9 Å². The number of aromatic nitrogens is 2. The number of carboxylic acid groups (broad SMARTS) is 1. The Balaban J connectivity index is 2.16. The molecule has 1 saturated heterocycles. The van der Waals surface area contributed by atoms with Crippen molar-refractivity contribution < 1.29 is 9.90 Å². The lowest BCUT2D eigenvalue weighted by Crippen LogP contribution is -2.39. The summed E-state index contributed by atoms with van der Waals surface area (Å²) < 4.78 is 1.90. The van der Waals surface area contributed by atoms with Crippen LogP contribution in [0.25, 0.3) is 0 Å². The van der Waals surface area contributed by atoms with Crippen molar-refractivity contribution in [3.63, 3.8) is 0 Å². The van der Waals surface area contributed by atoms with Crippen LogP contribution in [0, 0.1) is 25.2 Å². The highest BCUT2D eigenvalue weighted by molar-refractivity contribution is 5.75. The van der Waals surface area contributed by atoms with Crippen molar-refractivity contribution in [1.82, 2.24) is 14.7 Å². The molecule has 0 amide bonds. The van der Waals surface area contributed by atoms with Gasteiger partial charge in [0, 0.05) is 31.4 Å². The second-order valence-electron chi connectivity index (χ2n) is 6.35. The summed E-state index contributed by atoms with van der Waals surface area (Å²) in [6.45, 7) is 10.4. The molecule has 1 fully saturated rings. The van der Waals surface area contributed by atoms with Gasteiger partial charge in [0.1, 0.15) is 0 Å². The number of hydrogen-bond donors (Lipinski definition) is 1. The van der Waals surface area contributed by atoms with E-state index in [1.54, 1.807) is 0 Å². The van der Waals surface area contributed by atoms with E-state index in [0.717, 1.165) is 25.2 Å². The van der Waals surface area contributed by atoms with Gasteiger partial charge in [-0.1, -0.05) is 13.8 Å². The smallest absolute Gasteiger partial charge is 0.311 e. The van der Waals surface area contributed by atoms with E-state index < -0.39 is 11.4 Å². The first kappa shape index (κ1) is 15.0. The average molecular weight is 279 g/mol. The molecule has 1 unspecified atom stereocenters.